The molecule has 28 heavy (non-hydrogen) atoms. The van der Waals surface area contributed by atoms with Gasteiger partial charge in [0.25, 0.3) is 11.8 Å². The number of benzene rings is 1. The molecular weight excluding hydrogens is 408 g/mol. The largest absolute Gasteiger partial charge is 0.490 e. The number of aliphatic carboxylic acids is 1. The zero-order valence-electron chi connectivity index (χ0n) is 14.9. The average Bonchev–Trinajstić information content (AvgIpc) is 2.61. The predicted molar refractivity (Wildman–Crippen MR) is 106 cm³/mol. The van der Waals surface area contributed by atoms with E-state index in [9.17, 15) is 14.4 Å². The van der Waals surface area contributed by atoms with E-state index in [2.05, 4.69) is 11.9 Å². The normalized spacial score (nSPS) is 15.4. The van der Waals surface area contributed by atoms with Crippen LogP contribution in [0, 0.1) is 0 Å². The molecule has 0 bridgehead atoms. The molecule has 2 amide bonds. The maximum Gasteiger partial charge on any atom is 0.341 e. The maximum atomic E-state index is 12.6. The molecule has 1 saturated heterocycles. The Morgan fingerprint density at radius 3 is 2.71 bits per heavy atom. The molecule has 0 atom stereocenters. The third-order valence-corrected chi connectivity index (χ3v) is 4.08. The molecule has 148 valence electrons. The number of nitrogens with one attached hydrogen (secondary N) is 1. The molecule has 1 aliphatic heterocycles. The van der Waals surface area contributed by atoms with Gasteiger partial charge in [0.15, 0.2) is 23.2 Å². The number of amides is 2. The van der Waals surface area contributed by atoms with E-state index in [1.165, 1.54) is 29.2 Å². The lowest BCUT2D eigenvalue weighted by Gasteiger charge is -2.27. The van der Waals surface area contributed by atoms with Gasteiger partial charge < -0.3 is 14.6 Å². The fraction of sp³-hybridized carbons (Fsp3) is 0.222. The van der Waals surface area contributed by atoms with Crippen molar-refractivity contribution in [1.29, 1.82) is 0 Å². The summed E-state index contributed by atoms with van der Waals surface area (Å²) in [5.41, 5.74) is 0.245. The molecule has 0 radical (unpaired) electrons. The Labute approximate surface area is 171 Å². The summed E-state index contributed by atoms with van der Waals surface area (Å²) in [5, 5.41) is 11.3. The van der Waals surface area contributed by atoms with Gasteiger partial charge in [0, 0.05) is 6.54 Å². The van der Waals surface area contributed by atoms with Crippen LogP contribution in [0.2, 0.25) is 5.02 Å². The summed E-state index contributed by atoms with van der Waals surface area (Å²) >= 11 is 11.2. The first-order chi connectivity index (χ1) is 13.3. The third-order valence-electron chi connectivity index (χ3n) is 3.48. The van der Waals surface area contributed by atoms with Crippen molar-refractivity contribution in [3.8, 4) is 11.5 Å². The highest BCUT2D eigenvalue weighted by Gasteiger charge is 2.32. The van der Waals surface area contributed by atoms with Gasteiger partial charge in [-0.3, -0.25) is 19.8 Å². The Morgan fingerprint density at radius 1 is 1.39 bits per heavy atom. The van der Waals surface area contributed by atoms with Gasteiger partial charge in [-0.05, 0) is 42.9 Å². The van der Waals surface area contributed by atoms with Gasteiger partial charge in [-0.15, -0.1) is 6.58 Å². The van der Waals surface area contributed by atoms with Crippen molar-refractivity contribution in [2.24, 2.45) is 0 Å². The van der Waals surface area contributed by atoms with Crippen LogP contribution in [0.3, 0.4) is 0 Å². The first-order valence-electron chi connectivity index (χ1n) is 8.09. The first kappa shape index (κ1) is 21.4. The maximum absolute atomic E-state index is 12.6. The van der Waals surface area contributed by atoms with Crippen LogP contribution in [-0.4, -0.2) is 52.7 Å². The fourth-order valence-corrected chi connectivity index (χ4v) is 2.89. The average molecular weight is 425 g/mol. The lowest BCUT2D eigenvalue weighted by Crippen LogP contribution is -2.53. The number of carboxylic acid groups (broad SMARTS) is 1. The standard InChI is InChI=1S/C18H17ClN2O6S/c1-3-5-21-17(25)11(16(24)20-18(21)28)6-10-7-12(19)15(27-9-14(22)23)13(8-10)26-4-2/h3,6-8H,1,4-5,9H2,2H3,(H,22,23)(H,20,24,28). The highest BCUT2D eigenvalue weighted by atomic mass is 35.5. The van der Waals surface area contributed by atoms with E-state index in [1.54, 1.807) is 6.92 Å². The minimum atomic E-state index is -1.17. The van der Waals surface area contributed by atoms with Crippen molar-refractivity contribution < 1.29 is 29.0 Å². The van der Waals surface area contributed by atoms with Crippen LogP contribution in [0.4, 0.5) is 0 Å². The number of ether oxygens (including phenoxy) is 2. The Morgan fingerprint density at radius 2 is 2.11 bits per heavy atom. The number of carbonyl (C=O) groups excluding carboxylic acids is 2. The van der Waals surface area contributed by atoms with E-state index in [4.69, 9.17) is 38.4 Å². The number of halogens is 1. The van der Waals surface area contributed by atoms with Gasteiger partial charge in [0.2, 0.25) is 0 Å². The second-order valence-corrected chi connectivity index (χ2v) is 6.26. The minimum absolute atomic E-state index is 0.00231. The van der Waals surface area contributed by atoms with Crippen LogP contribution in [0.1, 0.15) is 12.5 Å². The number of carbonyl (C=O) groups is 3. The van der Waals surface area contributed by atoms with E-state index >= 15 is 0 Å². The topological polar surface area (TPSA) is 105 Å². The van der Waals surface area contributed by atoms with Gasteiger partial charge in [0.05, 0.1) is 11.6 Å². The molecular formula is C18H17ClN2O6S. The summed E-state index contributed by atoms with van der Waals surface area (Å²) in [5.74, 6) is -2.15. The number of hydrogen-bond acceptors (Lipinski definition) is 6. The molecule has 0 aliphatic carbocycles. The van der Waals surface area contributed by atoms with Crippen molar-refractivity contribution >= 4 is 52.8 Å². The highest BCUT2D eigenvalue weighted by Crippen LogP contribution is 2.37. The van der Waals surface area contributed by atoms with E-state index in [1.807, 2.05) is 0 Å². The lowest BCUT2D eigenvalue weighted by atomic mass is 10.1. The molecule has 1 heterocycles. The van der Waals surface area contributed by atoms with Crippen LogP contribution < -0.4 is 14.8 Å². The van der Waals surface area contributed by atoms with E-state index in [0.717, 1.165) is 0 Å². The molecule has 0 aromatic heterocycles. The minimum Gasteiger partial charge on any atom is -0.490 e. The molecule has 0 unspecified atom stereocenters. The smallest absolute Gasteiger partial charge is 0.341 e. The Bertz CT molecular complexity index is 883. The molecule has 8 nitrogen and oxygen atoms in total. The SMILES string of the molecule is C=CCN1C(=O)C(=Cc2cc(Cl)c(OCC(=O)O)c(OCC)c2)C(=O)NC1=S. The monoisotopic (exact) mass is 424 g/mol. The molecule has 10 heteroatoms. The second-order valence-electron chi connectivity index (χ2n) is 5.47. The summed E-state index contributed by atoms with van der Waals surface area (Å²) in [6.07, 6.45) is 2.82. The Kier molecular flexibility index (Phi) is 7.13. The van der Waals surface area contributed by atoms with Crippen molar-refractivity contribution in [2.75, 3.05) is 19.8 Å². The molecule has 1 aliphatic rings. The van der Waals surface area contributed by atoms with Gasteiger partial charge >= 0.3 is 5.97 Å². The number of carboxylic acids is 1. The summed E-state index contributed by atoms with van der Waals surface area (Å²) in [7, 11) is 0. The molecule has 0 saturated carbocycles. The molecule has 1 fully saturated rings. The predicted octanol–water partition coefficient (Wildman–Crippen LogP) is 2.01. The Hall–Kier alpha value is -2.91. The summed E-state index contributed by atoms with van der Waals surface area (Å²) < 4.78 is 10.6. The van der Waals surface area contributed by atoms with Crippen molar-refractivity contribution in [3.05, 3.63) is 40.9 Å². The third kappa shape index (κ3) is 4.87. The Balaban J connectivity index is 2.44. The van der Waals surface area contributed by atoms with E-state index < -0.39 is 24.4 Å². The first-order valence-corrected chi connectivity index (χ1v) is 8.87. The zero-order chi connectivity index (χ0) is 20.8. The van der Waals surface area contributed by atoms with Gasteiger partial charge in [-0.2, -0.15) is 0 Å². The van der Waals surface area contributed by atoms with Gasteiger partial charge in [0.1, 0.15) is 5.57 Å². The fourth-order valence-electron chi connectivity index (χ4n) is 2.36. The quantitative estimate of drug-likeness (QED) is 0.284. The molecule has 1 aromatic carbocycles. The van der Waals surface area contributed by atoms with Gasteiger partial charge in [-0.25, -0.2) is 4.79 Å². The van der Waals surface area contributed by atoms with E-state index in [0.29, 0.717) is 5.56 Å². The van der Waals surface area contributed by atoms with Crippen molar-refractivity contribution in [3.63, 3.8) is 0 Å². The lowest BCUT2D eigenvalue weighted by molar-refractivity contribution is -0.139. The van der Waals surface area contributed by atoms with Crippen molar-refractivity contribution in [2.45, 2.75) is 6.92 Å². The second kappa shape index (κ2) is 9.34. The highest BCUT2D eigenvalue weighted by molar-refractivity contribution is 7.80. The number of rotatable bonds is 8. The molecule has 2 rings (SSSR count). The van der Waals surface area contributed by atoms with Crippen LogP contribution in [0.5, 0.6) is 11.5 Å². The van der Waals surface area contributed by atoms with Crippen molar-refractivity contribution in [1.82, 2.24) is 10.2 Å². The number of hydrogen-bond donors (Lipinski definition) is 2. The zero-order valence-corrected chi connectivity index (χ0v) is 16.4. The number of thiocarbonyl (C=S) groups is 1. The van der Waals surface area contributed by atoms with Crippen LogP contribution in [0.25, 0.3) is 6.08 Å². The van der Waals surface area contributed by atoms with Crippen LogP contribution >= 0.6 is 23.8 Å². The molecule has 2 N–H and O–H groups in total. The van der Waals surface area contributed by atoms with Crippen LogP contribution in [-0.2, 0) is 14.4 Å². The van der Waals surface area contributed by atoms with Gasteiger partial charge in [-0.1, -0.05) is 17.7 Å². The molecule has 1 aromatic rings. The molecule has 0 spiro atoms. The summed E-state index contributed by atoms with van der Waals surface area (Å²) in [4.78, 5) is 36.7. The van der Waals surface area contributed by atoms with Crippen LogP contribution in [0.15, 0.2) is 30.4 Å². The summed E-state index contributed by atoms with van der Waals surface area (Å²) in [6, 6.07) is 2.92. The number of nitrogens with zero attached hydrogens (tertiary/aromatic N) is 1. The summed E-state index contributed by atoms with van der Waals surface area (Å²) in [6.45, 7) is 5.09. The van der Waals surface area contributed by atoms with E-state index in [-0.39, 0.29) is 40.4 Å².